The number of fused-ring (bicyclic) bond motifs is 1. The van der Waals surface area contributed by atoms with Crippen molar-refractivity contribution in [2.45, 2.75) is 78.0 Å². The fourth-order valence-corrected chi connectivity index (χ4v) is 5.92. The molecule has 0 fully saturated rings. The third kappa shape index (κ3) is 9.49. The fraction of sp³-hybridized carbons (Fsp3) is 0.432. The van der Waals surface area contributed by atoms with Crippen LogP contribution in [0.4, 0.5) is 0 Å². The molecule has 0 aliphatic heterocycles. The topological polar surface area (TPSA) is 93.4 Å². The third-order valence-corrected chi connectivity index (χ3v) is 8.54. The molecule has 4 rings (SSSR count). The molecule has 2 amide bonds. The van der Waals surface area contributed by atoms with Crippen LogP contribution >= 0.6 is 0 Å². The highest BCUT2D eigenvalue weighted by molar-refractivity contribution is 5.97. The quantitative estimate of drug-likeness (QED) is 0.125. The van der Waals surface area contributed by atoms with Gasteiger partial charge in [0.1, 0.15) is 11.9 Å². The van der Waals surface area contributed by atoms with Crippen molar-refractivity contribution in [3.63, 3.8) is 0 Å². The molecule has 0 bridgehead atoms. The largest absolute Gasteiger partial charge is 0.348 e. The van der Waals surface area contributed by atoms with Crippen LogP contribution in [0.3, 0.4) is 0 Å². The average Bonchev–Trinajstić information content (AvgIpc) is 3.59. The van der Waals surface area contributed by atoms with Gasteiger partial charge in [0.15, 0.2) is 0 Å². The average molecular weight is 611 g/mol. The smallest absolute Gasteiger partial charge is 0.251 e. The Bertz CT molecular complexity index is 1480. The van der Waals surface area contributed by atoms with Crippen LogP contribution < -0.4 is 10.6 Å². The molecule has 1 aromatic heterocycles. The van der Waals surface area contributed by atoms with E-state index in [1.165, 1.54) is 0 Å². The molecule has 8 nitrogen and oxygen atoms in total. The van der Waals surface area contributed by atoms with E-state index in [4.69, 9.17) is 0 Å². The second-order valence-corrected chi connectivity index (χ2v) is 12.1. The van der Waals surface area contributed by atoms with E-state index in [1.807, 2.05) is 55.6 Å². The second-order valence-electron chi connectivity index (χ2n) is 12.1. The Morgan fingerprint density at radius 3 is 2.29 bits per heavy atom. The first-order valence-corrected chi connectivity index (χ1v) is 16.4. The van der Waals surface area contributed by atoms with Crippen molar-refractivity contribution in [3.8, 4) is 0 Å². The SMILES string of the molecule is CCCN(CCC)CCC[C@H](NC(=O)c1ccc(CN(C)C(C)c2ncc[nH]2)cc1)C(=O)N[C@@H](C)c1cccc2ccccc12. The summed E-state index contributed by atoms with van der Waals surface area (Å²) < 4.78 is 0. The van der Waals surface area contributed by atoms with Crippen LogP contribution in [0.1, 0.15) is 92.8 Å². The molecule has 3 atom stereocenters. The fourth-order valence-electron chi connectivity index (χ4n) is 5.92. The number of H-pyrrole nitrogens is 1. The predicted octanol–water partition coefficient (Wildman–Crippen LogP) is 6.63. The standard InChI is InChI=1S/C37H50N6O2/c1-6-23-43(24-7-2)25-11-16-34(37(45)40-27(3)32-15-10-13-30-12-8-9-14-33(30)32)41-36(44)31-19-17-29(18-20-31)26-42(5)28(4)35-38-21-22-39-35/h8-10,12-15,17-22,27-28,34H,6-7,11,16,23-26H2,1-5H3,(H,38,39)(H,40,45)(H,41,44)/t27-,28?,34-/m0/s1. The van der Waals surface area contributed by atoms with E-state index >= 15 is 0 Å². The zero-order valence-electron chi connectivity index (χ0n) is 27.6. The molecule has 0 saturated carbocycles. The van der Waals surface area contributed by atoms with Crippen LogP contribution in [0.5, 0.6) is 0 Å². The van der Waals surface area contributed by atoms with E-state index in [1.54, 1.807) is 6.20 Å². The highest BCUT2D eigenvalue weighted by Gasteiger charge is 2.24. The van der Waals surface area contributed by atoms with E-state index < -0.39 is 6.04 Å². The number of aromatic amines is 1. The zero-order valence-corrected chi connectivity index (χ0v) is 27.6. The molecule has 0 aliphatic carbocycles. The van der Waals surface area contributed by atoms with Gasteiger partial charge in [-0.3, -0.25) is 14.5 Å². The number of imidazole rings is 1. The molecule has 3 N–H and O–H groups in total. The van der Waals surface area contributed by atoms with Gasteiger partial charge in [-0.1, -0.05) is 68.4 Å². The number of carbonyl (C=O) groups is 2. The maximum absolute atomic E-state index is 13.7. The van der Waals surface area contributed by atoms with Crippen LogP contribution in [0.2, 0.25) is 0 Å². The molecule has 0 saturated heterocycles. The summed E-state index contributed by atoms with van der Waals surface area (Å²) in [6.45, 7) is 12.2. The molecule has 240 valence electrons. The summed E-state index contributed by atoms with van der Waals surface area (Å²) in [5, 5.41) is 8.53. The van der Waals surface area contributed by atoms with Gasteiger partial charge in [0.05, 0.1) is 12.1 Å². The molecule has 0 spiro atoms. The molecular weight excluding hydrogens is 560 g/mol. The first-order chi connectivity index (χ1) is 21.8. The van der Waals surface area contributed by atoms with Crippen molar-refractivity contribution >= 4 is 22.6 Å². The number of carbonyl (C=O) groups excluding carboxylic acids is 2. The maximum Gasteiger partial charge on any atom is 0.251 e. The zero-order chi connectivity index (χ0) is 32.2. The number of hydrogen-bond donors (Lipinski definition) is 3. The minimum absolute atomic E-state index is 0.129. The Hall–Kier alpha value is -4.01. The lowest BCUT2D eigenvalue weighted by atomic mass is 9.99. The third-order valence-electron chi connectivity index (χ3n) is 8.54. The van der Waals surface area contributed by atoms with Gasteiger partial charge in [-0.2, -0.15) is 0 Å². The van der Waals surface area contributed by atoms with Crippen LogP contribution in [0.15, 0.2) is 79.1 Å². The van der Waals surface area contributed by atoms with Gasteiger partial charge in [0.25, 0.3) is 5.91 Å². The number of benzene rings is 3. The Kier molecular flexibility index (Phi) is 12.7. The first-order valence-electron chi connectivity index (χ1n) is 16.4. The Morgan fingerprint density at radius 1 is 0.889 bits per heavy atom. The molecular formula is C37H50N6O2. The summed E-state index contributed by atoms with van der Waals surface area (Å²) in [6.07, 6.45) is 7.17. The van der Waals surface area contributed by atoms with E-state index in [-0.39, 0.29) is 23.9 Å². The van der Waals surface area contributed by atoms with Crippen molar-refractivity contribution < 1.29 is 9.59 Å². The van der Waals surface area contributed by atoms with Crippen LogP contribution in [0, 0.1) is 0 Å². The summed E-state index contributed by atoms with van der Waals surface area (Å²) >= 11 is 0. The molecule has 1 unspecified atom stereocenters. The molecule has 45 heavy (non-hydrogen) atoms. The van der Waals surface area contributed by atoms with Gasteiger partial charge >= 0.3 is 0 Å². The van der Waals surface area contributed by atoms with Crippen molar-refractivity contribution in [2.24, 2.45) is 0 Å². The highest BCUT2D eigenvalue weighted by atomic mass is 16.2. The lowest BCUT2D eigenvalue weighted by Crippen LogP contribution is -2.47. The number of aromatic nitrogens is 2. The van der Waals surface area contributed by atoms with Crippen LogP contribution in [0.25, 0.3) is 10.8 Å². The monoisotopic (exact) mass is 610 g/mol. The van der Waals surface area contributed by atoms with E-state index in [9.17, 15) is 9.59 Å². The van der Waals surface area contributed by atoms with Gasteiger partial charge in [-0.25, -0.2) is 4.98 Å². The molecule has 0 radical (unpaired) electrons. The first kappa shape index (κ1) is 33.9. The summed E-state index contributed by atoms with van der Waals surface area (Å²) in [5.41, 5.74) is 2.70. The summed E-state index contributed by atoms with van der Waals surface area (Å²) in [6, 6.07) is 21.3. The lowest BCUT2D eigenvalue weighted by Gasteiger charge is -2.25. The van der Waals surface area contributed by atoms with Crippen molar-refractivity contribution in [1.82, 2.24) is 30.4 Å². The van der Waals surface area contributed by atoms with Gasteiger partial charge in [0, 0.05) is 24.5 Å². The van der Waals surface area contributed by atoms with Gasteiger partial charge < -0.3 is 20.5 Å². The highest BCUT2D eigenvalue weighted by Crippen LogP contribution is 2.24. The minimum atomic E-state index is -0.639. The molecule has 3 aromatic carbocycles. The normalized spacial score (nSPS) is 13.6. The van der Waals surface area contributed by atoms with E-state index in [0.29, 0.717) is 18.5 Å². The Morgan fingerprint density at radius 2 is 1.60 bits per heavy atom. The second kappa shape index (κ2) is 16.9. The summed E-state index contributed by atoms with van der Waals surface area (Å²) in [7, 11) is 2.05. The number of nitrogens with one attached hydrogen (secondary N) is 3. The van der Waals surface area contributed by atoms with Crippen molar-refractivity contribution in [2.75, 3.05) is 26.7 Å². The van der Waals surface area contributed by atoms with Crippen LogP contribution in [-0.4, -0.2) is 64.3 Å². The van der Waals surface area contributed by atoms with Crippen molar-refractivity contribution in [3.05, 3.63) is 102 Å². The number of rotatable bonds is 17. The number of nitrogens with zero attached hydrogens (tertiary/aromatic N) is 3. The van der Waals surface area contributed by atoms with E-state index in [0.717, 1.165) is 66.6 Å². The van der Waals surface area contributed by atoms with E-state index in [2.05, 4.69) is 82.5 Å². The molecule has 8 heteroatoms. The molecule has 4 aromatic rings. The summed E-state index contributed by atoms with van der Waals surface area (Å²) in [4.78, 5) is 39.4. The molecule has 0 aliphatic rings. The predicted molar refractivity (Wildman–Crippen MR) is 183 cm³/mol. The number of amides is 2. The van der Waals surface area contributed by atoms with Gasteiger partial charge in [-0.05, 0) is 100 Å². The molecule has 1 heterocycles. The minimum Gasteiger partial charge on any atom is -0.348 e. The van der Waals surface area contributed by atoms with Crippen molar-refractivity contribution in [1.29, 1.82) is 0 Å². The van der Waals surface area contributed by atoms with Gasteiger partial charge in [-0.15, -0.1) is 0 Å². The lowest BCUT2D eigenvalue weighted by molar-refractivity contribution is -0.123. The Balaban J connectivity index is 1.43. The van der Waals surface area contributed by atoms with Crippen LogP contribution in [-0.2, 0) is 11.3 Å². The number of hydrogen-bond acceptors (Lipinski definition) is 5. The maximum atomic E-state index is 13.7. The summed E-state index contributed by atoms with van der Waals surface area (Å²) in [5.74, 6) is 0.516. The Labute approximate surface area is 268 Å². The van der Waals surface area contributed by atoms with Gasteiger partial charge in [0.2, 0.25) is 5.91 Å².